The summed E-state index contributed by atoms with van der Waals surface area (Å²) >= 11 is 3.37. The lowest BCUT2D eigenvalue weighted by Crippen LogP contribution is -2.16. The summed E-state index contributed by atoms with van der Waals surface area (Å²) < 4.78 is 35.3. The molecule has 0 radical (unpaired) electrons. The Hall–Kier alpha value is -2.39. The van der Waals surface area contributed by atoms with Crippen LogP contribution in [0.2, 0.25) is 0 Å². The fourth-order valence-corrected chi connectivity index (χ4v) is 3.96. The Balaban J connectivity index is 1.99. The van der Waals surface area contributed by atoms with E-state index in [1.165, 1.54) is 18.3 Å². The quantitative estimate of drug-likeness (QED) is 0.617. The Morgan fingerprint density at radius 3 is 2.85 bits per heavy atom. The van der Waals surface area contributed by atoms with Gasteiger partial charge >= 0.3 is 5.97 Å². The molecule has 136 valence electrons. The molecule has 3 rings (SSSR count). The molecule has 1 N–H and O–H groups in total. The second kappa shape index (κ2) is 7.08. The lowest BCUT2D eigenvalue weighted by molar-refractivity contribution is 0.0525. The molecule has 0 aliphatic rings. The number of anilines is 1. The maximum Gasteiger partial charge on any atom is 0.338 e. The zero-order chi connectivity index (χ0) is 18.9. The Morgan fingerprint density at radius 2 is 2.12 bits per heavy atom. The average Bonchev–Trinajstić information content (AvgIpc) is 2.99. The van der Waals surface area contributed by atoms with Crippen molar-refractivity contribution in [2.75, 3.05) is 11.3 Å². The third kappa shape index (κ3) is 3.45. The molecule has 0 saturated carbocycles. The highest BCUT2D eigenvalue weighted by atomic mass is 79.9. The third-order valence-corrected chi connectivity index (χ3v) is 5.71. The van der Waals surface area contributed by atoms with E-state index < -0.39 is 16.0 Å². The number of carbonyl (C=O) groups is 1. The number of rotatable bonds is 5. The van der Waals surface area contributed by atoms with Crippen LogP contribution in [0.5, 0.6) is 0 Å². The molecule has 9 heteroatoms. The fraction of sp³-hybridized carbons (Fsp3) is 0.176. The number of nitrogens with one attached hydrogen (secondary N) is 1. The summed E-state index contributed by atoms with van der Waals surface area (Å²) in [5.41, 5.74) is 1.44. The van der Waals surface area contributed by atoms with Gasteiger partial charge in [-0.25, -0.2) is 18.2 Å². The van der Waals surface area contributed by atoms with Gasteiger partial charge in [0.25, 0.3) is 10.0 Å². The van der Waals surface area contributed by atoms with E-state index in [1.807, 2.05) is 6.07 Å². The zero-order valence-corrected chi connectivity index (χ0v) is 16.5. The second-order valence-corrected chi connectivity index (χ2v) is 8.03. The number of sulfonamides is 1. The molecule has 0 atom stereocenters. The van der Waals surface area contributed by atoms with Gasteiger partial charge in [-0.05, 0) is 59.6 Å². The summed E-state index contributed by atoms with van der Waals surface area (Å²) in [4.78, 5) is 16.2. The molecule has 1 aromatic carbocycles. The Labute approximate surface area is 159 Å². The van der Waals surface area contributed by atoms with Crippen molar-refractivity contribution in [1.82, 2.24) is 9.38 Å². The Kier molecular flexibility index (Phi) is 5.01. The van der Waals surface area contributed by atoms with E-state index in [2.05, 4.69) is 25.6 Å². The van der Waals surface area contributed by atoms with Crippen LogP contribution in [0.15, 0.2) is 52.1 Å². The molecule has 26 heavy (non-hydrogen) atoms. The number of ether oxygens (including phenoxy) is 1. The van der Waals surface area contributed by atoms with E-state index in [-0.39, 0.29) is 17.1 Å². The lowest BCUT2D eigenvalue weighted by atomic mass is 10.1. The van der Waals surface area contributed by atoms with Gasteiger partial charge in [0, 0.05) is 6.20 Å². The molecule has 0 aliphatic carbocycles. The number of carbonyl (C=O) groups excluding carboxylic acids is 1. The normalized spacial score (nSPS) is 11.5. The molecular weight excluding hydrogens is 422 g/mol. The van der Waals surface area contributed by atoms with Gasteiger partial charge in [0.15, 0.2) is 5.65 Å². The van der Waals surface area contributed by atoms with Gasteiger partial charge in [0.1, 0.15) is 5.82 Å². The summed E-state index contributed by atoms with van der Waals surface area (Å²) in [7, 11) is -3.91. The molecule has 0 spiro atoms. The second-order valence-electron chi connectivity index (χ2n) is 5.50. The van der Waals surface area contributed by atoms with Crippen LogP contribution in [0, 0.1) is 6.92 Å². The number of hydrogen-bond donors (Lipinski definition) is 1. The molecular formula is C17H16BrN3O4S. The molecule has 0 bridgehead atoms. The number of benzene rings is 1. The van der Waals surface area contributed by atoms with E-state index in [9.17, 15) is 13.2 Å². The van der Waals surface area contributed by atoms with Crippen LogP contribution in [-0.2, 0) is 14.8 Å². The molecule has 0 unspecified atom stereocenters. The van der Waals surface area contributed by atoms with Gasteiger partial charge < -0.3 is 4.74 Å². The number of hydrogen-bond acceptors (Lipinski definition) is 5. The number of nitrogens with zero attached hydrogens (tertiary/aromatic N) is 2. The van der Waals surface area contributed by atoms with Crippen LogP contribution in [-0.4, -0.2) is 30.4 Å². The molecule has 2 aromatic heterocycles. The number of aryl methyl sites for hydroxylation is 1. The molecule has 3 aromatic rings. The Morgan fingerprint density at radius 1 is 1.35 bits per heavy atom. The van der Waals surface area contributed by atoms with E-state index in [0.717, 1.165) is 4.47 Å². The van der Waals surface area contributed by atoms with Crippen molar-refractivity contribution in [2.24, 2.45) is 0 Å². The van der Waals surface area contributed by atoms with Crippen molar-refractivity contribution in [3.05, 3.63) is 58.3 Å². The van der Waals surface area contributed by atoms with Crippen LogP contribution in [0.25, 0.3) is 5.65 Å². The van der Waals surface area contributed by atoms with Crippen LogP contribution >= 0.6 is 15.9 Å². The number of imidazole rings is 1. The SMILES string of the molecule is CCOC(=O)c1cc(S(=O)(=O)Nc2cnc3c(Br)cccn23)ccc1C. The van der Waals surface area contributed by atoms with E-state index >= 15 is 0 Å². The van der Waals surface area contributed by atoms with Crippen molar-refractivity contribution >= 4 is 43.4 Å². The highest BCUT2D eigenvalue weighted by Gasteiger charge is 2.20. The van der Waals surface area contributed by atoms with Gasteiger partial charge in [-0.3, -0.25) is 9.12 Å². The molecule has 2 heterocycles. The molecule has 0 aliphatic heterocycles. The fourth-order valence-electron chi connectivity index (χ4n) is 2.45. The minimum absolute atomic E-state index is 0.0314. The smallest absolute Gasteiger partial charge is 0.338 e. The zero-order valence-electron chi connectivity index (χ0n) is 14.1. The van der Waals surface area contributed by atoms with E-state index in [4.69, 9.17) is 4.74 Å². The van der Waals surface area contributed by atoms with Crippen LogP contribution in [0.1, 0.15) is 22.8 Å². The first-order valence-electron chi connectivity index (χ1n) is 7.75. The first-order chi connectivity index (χ1) is 12.3. The largest absolute Gasteiger partial charge is 0.462 e. The molecule has 0 amide bonds. The monoisotopic (exact) mass is 437 g/mol. The van der Waals surface area contributed by atoms with Crippen molar-refractivity contribution in [3.8, 4) is 0 Å². The highest BCUT2D eigenvalue weighted by Crippen LogP contribution is 2.23. The summed E-state index contributed by atoms with van der Waals surface area (Å²) in [5.74, 6) is -0.264. The summed E-state index contributed by atoms with van der Waals surface area (Å²) in [6.07, 6.45) is 3.13. The predicted molar refractivity (Wildman–Crippen MR) is 101 cm³/mol. The minimum Gasteiger partial charge on any atom is -0.462 e. The van der Waals surface area contributed by atoms with Gasteiger partial charge in [-0.15, -0.1) is 0 Å². The summed E-state index contributed by atoms with van der Waals surface area (Å²) in [5, 5.41) is 0. The maximum absolute atomic E-state index is 12.8. The van der Waals surface area contributed by atoms with E-state index in [1.54, 1.807) is 36.6 Å². The highest BCUT2D eigenvalue weighted by molar-refractivity contribution is 9.10. The van der Waals surface area contributed by atoms with Gasteiger partial charge in [0.2, 0.25) is 0 Å². The number of halogens is 1. The number of esters is 1. The van der Waals surface area contributed by atoms with Crippen molar-refractivity contribution in [1.29, 1.82) is 0 Å². The standard InChI is InChI=1S/C17H16BrN3O4S/c1-3-25-17(22)13-9-12(7-6-11(13)2)26(23,24)20-15-10-19-16-14(18)5-4-8-21(15)16/h4-10,20H,3H2,1-2H3. The van der Waals surface area contributed by atoms with Crippen molar-refractivity contribution in [3.63, 3.8) is 0 Å². The van der Waals surface area contributed by atoms with Gasteiger partial charge in [-0.2, -0.15) is 0 Å². The van der Waals surface area contributed by atoms with Crippen LogP contribution in [0.4, 0.5) is 5.82 Å². The van der Waals surface area contributed by atoms with Crippen LogP contribution in [0.3, 0.4) is 0 Å². The summed E-state index contributed by atoms with van der Waals surface area (Å²) in [6.45, 7) is 3.63. The molecule has 0 saturated heterocycles. The van der Waals surface area contributed by atoms with Crippen LogP contribution < -0.4 is 4.72 Å². The van der Waals surface area contributed by atoms with E-state index in [0.29, 0.717) is 17.0 Å². The number of pyridine rings is 1. The first kappa shape index (κ1) is 18.4. The molecule has 7 nitrogen and oxygen atoms in total. The first-order valence-corrected chi connectivity index (χ1v) is 10.0. The maximum atomic E-state index is 12.8. The average molecular weight is 438 g/mol. The third-order valence-electron chi connectivity index (χ3n) is 3.74. The predicted octanol–water partition coefficient (Wildman–Crippen LogP) is 3.38. The minimum atomic E-state index is -3.91. The number of aromatic nitrogens is 2. The van der Waals surface area contributed by atoms with Gasteiger partial charge in [0.05, 0.1) is 27.7 Å². The van der Waals surface area contributed by atoms with Gasteiger partial charge in [-0.1, -0.05) is 6.07 Å². The molecule has 0 fully saturated rings. The van der Waals surface area contributed by atoms with Crippen molar-refractivity contribution < 1.29 is 17.9 Å². The summed E-state index contributed by atoms with van der Waals surface area (Å²) in [6, 6.07) is 7.91. The van der Waals surface area contributed by atoms with Crippen molar-refractivity contribution in [2.45, 2.75) is 18.7 Å². The topological polar surface area (TPSA) is 89.8 Å². The number of fused-ring (bicyclic) bond motifs is 1. The Bertz CT molecular complexity index is 1090. The lowest BCUT2D eigenvalue weighted by Gasteiger charge is -2.11.